The van der Waals surface area contributed by atoms with E-state index in [4.69, 9.17) is 11.6 Å². The summed E-state index contributed by atoms with van der Waals surface area (Å²) in [6, 6.07) is 5.98. The minimum atomic E-state index is -4.70. The van der Waals surface area contributed by atoms with Gasteiger partial charge in [0.25, 0.3) is 5.91 Å². The maximum Gasteiger partial charge on any atom is 0.418 e. The van der Waals surface area contributed by atoms with E-state index in [1.54, 1.807) is 0 Å². The molecule has 4 nitrogen and oxygen atoms in total. The van der Waals surface area contributed by atoms with Crippen molar-refractivity contribution in [2.75, 3.05) is 5.32 Å². The van der Waals surface area contributed by atoms with E-state index in [1.165, 1.54) is 18.2 Å². The van der Waals surface area contributed by atoms with Crippen molar-refractivity contribution in [3.63, 3.8) is 0 Å². The number of aliphatic hydroxyl groups is 1. The zero-order chi connectivity index (χ0) is 17.7. The number of amides is 1. The Balaban J connectivity index is 2.01. The number of halogens is 4. The fourth-order valence-electron chi connectivity index (χ4n) is 2.57. The highest BCUT2D eigenvalue weighted by atomic mass is 35.5. The molecule has 1 aromatic heterocycles. The molecule has 0 fully saturated rings. The molecule has 3 rings (SSSR count). The predicted molar refractivity (Wildman–Crippen MR) is 82.2 cm³/mol. The summed E-state index contributed by atoms with van der Waals surface area (Å²) in [6.07, 6.45) is -5.38. The van der Waals surface area contributed by atoms with E-state index in [9.17, 15) is 27.9 Å². The Bertz CT molecular complexity index is 849. The number of hydrogen-bond acceptors (Lipinski definition) is 4. The van der Waals surface area contributed by atoms with Crippen LogP contribution in [0.3, 0.4) is 0 Å². The lowest BCUT2D eigenvalue weighted by molar-refractivity contribution is -0.137. The standard InChI is InChI=1S/C15H9ClF3NO3S/c16-11-5-4-10(24-11)9(21)6-14(23)7-2-1-3-8(15(17,18)19)12(7)20-13(14)22/h1-5,23H,6H2,(H,20,22). The number of anilines is 1. The first kappa shape index (κ1) is 16.9. The molecule has 0 radical (unpaired) electrons. The smallest absolute Gasteiger partial charge is 0.375 e. The van der Waals surface area contributed by atoms with Gasteiger partial charge in [0.15, 0.2) is 11.4 Å². The molecule has 126 valence electrons. The van der Waals surface area contributed by atoms with E-state index in [2.05, 4.69) is 0 Å². The summed E-state index contributed by atoms with van der Waals surface area (Å²) in [6.45, 7) is 0. The number of thiophene rings is 1. The van der Waals surface area contributed by atoms with E-state index in [-0.39, 0.29) is 10.4 Å². The molecule has 1 amide bonds. The number of para-hydroxylation sites is 1. The summed E-state index contributed by atoms with van der Waals surface area (Å²) in [5, 5.41) is 12.7. The fraction of sp³-hybridized carbons (Fsp3) is 0.200. The summed E-state index contributed by atoms with van der Waals surface area (Å²) >= 11 is 6.70. The van der Waals surface area contributed by atoms with Crippen molar-refractivity contribution in [2.45, 2.75) is 18.2 Å². The number of benzene rings is 1. The molecule has 0 saturated carbocycles. The maximum atomic E-state index is 13.0. The van der Waals surface area contributed by atoms with E-state index in [0.717, 1.165) is 23.5 Å². The highest BCUT2D eigenvalue weighted by Crippen LogP contribution is 2.45. The van der Waals surface area contributed by atoms with Crippen LogP contribution in [0.2, 0.25) is 4.34 Å². The minimum Gasteiger partial charge on any atom is -0.375 e. The number of ketones is 1. The predicted octanol–water partition coefficient (Wildman–Crippen LogP) is 3.83. The SMILES string of the molecule is O=C(CC1(O)C(=O)Nc2c(C(F)(F)F)cccc21)c1ccc(Cl)s1. The first-order valence-electron chi connectivity index (χ1n) is 6.66. The minimum absolute atomic E-state index is 0.210. The Hall–Kier alpha value is -1.90. The number of rotatable bonds is 3. The van der Waals surface area contributed by atoms with Gasteiger partial charge in [-0.05, 0) is 18.2 Å². The third kappa shape index (κ3) is 2.70. The van der Waals surface area contributed by atoms with Crippen LogP contribution >= 0.6 is 22.9 Å². The number of carbonyl (C=O) groups excluding carboxylic acids is 2. The second-order valence-corrected chi connectivity index (χ2v) is 6.96. The van der Waals surface area contributed by atoms with Gasteiger partial charge >= 0.3 is 6.18 Å². The summed E-state index contributed by atoms with van der Waals surface area (Å²) in [7, 11) is 0. The molecule has 2 heterocycles. The summed E-state index contributed by atoms with van der Waals surface area (Å²) in [4.78, 5) is 24.6. The summed E-state index contributed by atoms with van der Waals surface area (Å²) in [5.74, 6) is -1.65. The average Bonchev–Trinajstić information content (AvgIpc) is 3.01. The van der Waals surface area contributed by atoms with Crippen LogP contribution in [-0.2, 0) is 16.6 Å². The van der Waals surface area contributed by atoms with E-state index < -0.39 is 41.1 Å². The van der Waals surface area contributed by atoms with Crippen molar-refractivity contribution in [3.8, 4) is 0 Å². The van der Waals surface area contributed by atoms with Crippen LogP contribution in [0.4, 0.5) is 18.9 Å². The van der Waals surface area contributed by atoms with Crippen LogP contribution in [-0.4, -0.2) is 16.8 Å². The molecule has 24 heavy (non-hydrogen) atoms. The van der Waals surface area contributed by atoms with Crippen LogP contribution in [0.15, 0.2) is 30.3 Å². The Labute approximate surface area is 142 Å². The van der Waals surface area contributed by atoms with Gasteiger partial charge in [-0.1, -0.05) is 23.7 Å². The number of nitrogens with one attached hydrogen (secondary N) is 1. The lowest BCUT2D eigenvalue weighted by Crippen LogP contribution is -2.36. The van der Waals surface area contributed by atoms with Gasteiger partial charge in [0.2, 0.25) is 0 Å². The first-order valence-corrected chi connectivity index (χ1v) is 7.85. The molecule has 2 aromatic rings. The molecule has 1 atom stereocenters. The van der Waals surface area contributed by atoms with Gasteiger partial charge in [-0.3, -0.25) is 9.59 Å². The summed E-state index contributed by atoms with van der Waals surface area (Å²) in [5.41, 5.74) is -4.21. The van der Waals surface area contributed by atoms with Gasteiger partial charge in [0.05, 0.1) is 26.9 Å². The van der Waals surface area contributed by atoms with E-state index in [1.807, 2.05) is 5.32 Å². The monoisotopic (exact) mass is 375 g/mol. The normalized spacial score (nSPS) is 20.0. The van der Waals surface area contributed by atoms with E-state index >= 15 is 0 Å². The molecule has 0 saturated heterocycles. The molecule has 0 spiro atoms. The van der Waals surface area contributed by atoms with Crippen LogP contribution < -0.4 is 5.32 Å². The largest absolute Gasteiger partial charge is 0.418 e. The van der Waals surface area contributed by atoms with Crippen LogP contribution in [0.25, 0.3) is 0 Å². The number of alkyl halides is 3. The van der Waals surface area contributed by atoms with Crippen molar-refractivity contribution in [1.82, 2.24) is 0 Å². The van der Waals surface area contributed by atoms with Crippen LogP contribution in [0.5, 0.6) is 0 Å². The van der Waals surface area contributed by atoms with Crippen molar-refractivity contribution < 1.29 is 27.9 Å². The van der Waals surface area contributed by atoms with Crippen molar-refractivity contribution in [3.05, 3.63) is 50.7 Å². The van der Waals surface area contributed by atoms with E-state index in [0.29, 0.717) is 4.34 Å². The fourth-order valence-corrected chi connectivity index (χ4v) is 3.55. The molecule has 2 N–H and O–H groups in total. The lowest BCUT2D eigenvalue weighted by atomic mass is 9.88. The number of fused-ring (bicyclic) bond motifs is 1. The Morgan fingerprint density at radius 2 is 2.00 bits per heavy atom. The van der Waals surface area contributed by atoms with Crippen LogP contribution in [0, 0.1) is 0 Å². The lowest BCUT2D eigenvalue weighted by Gasteiger charge is -2.20. The highest BCUT2D eigenvalue weighted by Gasteiger charge is 2.50. The van der Waals surface area contributed by atoms with Gasteiger partial charge in [-0.2, -0.15) is 13.2 Å². The van der Waals surface area contributed by atoms with Crippen molar-refractivity contribution in [2.24, 2.45) is 0 Å². The average molecular weight is 376 g/mol. The van der Waals surface area contributed by atoms with Crippen LogP contribution in [0.1, 0.15) is 27.2 Å². The zero-order valence-electron chi connectivity index (χ0n) is 11.8. The quantitative estimate of drug-likeness (QED) is 0.801. The Morgan fingerprint density at radius 1 is 1.29 bits per heavy atom. The highest BCUT2D eigenvalue weighted by molar-refractivity contribution is 7.18. The van der Waals surface area contributed by atoms with Gasteiger partial charge in [0, 0.05) is 5.56 Å². The molecule has 1 aromatic carbocycles. The Morgan fingerprint density at radius 3 is 2.58 bits per heavy atom. The van der Waals surface area contributed by atoms with Gasteiger partial charge in [-0.15, -0.1) is 11.3 Å². The zero-order valence-corrected chi connectivity index (χ0v) is 13.4. The topological polar surface area (TPSA) is 66.4 Å². The second kappa shape index (κ2) is 5.58. The first-order chi connectivity index (χ1) is 11.1. The molecular weight excluding hydrogens is 367 g/mol. The summed E-state index contributed by atoms with van der Waals surface area (Å²) < 4.78 is 39.5. The molecule has 0 bridgehead atoms. The van der Waals surface area contributed by atoms with Gasteiger partial charge in [-0.25, -0.2) is 0 Å². The molecular formula is C15H9ClF3NO3S. The number of hydrogen-bond donors (Lipinski definition) is 2. The third-order valence-electron chi connectivity index (χ3n) is 3.69. The molecule has 1 aliphatic rings. The van der Waals surface area contributed by atoms with Gasteiger partial charge in [0.1, 0.15) is 0 Å². The number of Topliss-reactive ketones (excluding diaryl/α,β-unsaturated/α-hetero) is 1. The second-order valence-electron chi connectivity index (χ2n) is 5.24. The molecule has 1 aliphatic heterocycles. The molecule has 1 unspecified atom stereocenters. The third-order valence-corrected chi connectivity index (χ3v) is 4.97. The molecule has 0 aliphatic carbocycles. The van der Waals surface area contributed by atoms with Crippen molar-refractivity contribution >= 4 is 40.3 Å². The maximum absolute atomic E-state index is 13.0. The Kier molecular flexibility index (Phi) is 3.94. The van der Waals surface area contributed by atoms with Gasteiger partial charge < -0.3 is 10.4 Å². The number of carbonyl (C=O) groups is 2. The van der Waals surface area contributed by atoms with Crippen molar-refractivity contribution in [1.29, 1.82) is 0 Å². The molecule has 9 heteroatoms.